The molecule has 0 spiro atoms. The van der Waals surface area contributed by atoms with Gasteiger partial charge in [0.1, 0.15) is 19.3 Å². The van der Waals surface area contributed by atoms with Gasteiger partial charge in [0.05, 0.1) is 12.2 Å². The number of ether oxygens (including phenoxy) is 4. The molecule has 2 rings (SSSR count). The Bertz CT molecular complexity index is 2170. The van der Waals surface area contributed by atoms with E-state index < -0.39 is 24.2 Å². The molecule has 3 amide bonds. The number of nitrogens with zero attached hydrogens (tertiary/aromatic N) is 1. The van der Waals surface area contributed by atoms with Crippen molar-refractivity contribution in [2.75, 3.05) is 25.1 Å². The largest absolute Gasteiger partial charge is 0.462 e. The fraction of sp³-hybridized carbons (Fsp3) is 0.797. The van der Waals surface area contributed by atoms with Crippen LogP contribution in [0.5, 0.6) is 0 Å². The summed E-state index contributed by atoms with van der Waals surface area (Å²) in [4.78, 5) is 83.6. The predicted octanol–water partition coefficient (Wildman–Crippen LogP) is 17.5. The minimum absolute atomic E-state index is 0.0848. The number of carbonyl (C=O) groups excluding carboxylic acids is 5. The number of amides is 3. The Morgan fingerprint density at radius 3 is 1.52 bits per heavy atom. The molecule has 5 atom stereocenters. The lowest BCUT2D eigenvalue weighted by molar-refractivity contribution is -0.167. The van der Waals surface area contributed by atoms with Crippen molar-refractivity contribution < 1.29 is 53.1 Å². The average Bonchev–Trinajstić information content (AvgIpc) is 1.10. The van der Waals surface area contributed by atoms with Gasteiger partial charge in [-0.2, -0.15) is 0 Å². The van der Waals surface area contributed by atoms with E-state index in [9.17, 15) is 39.0 Å². The van der Waals surface area contributed by atoms with E-state index in [1.807, 2.05) is 0 Å². The van der Waals surface area contributed by atoms with E-state index in [4.69, 9.17) is 18.9 Å². The molecule has 1 aliphatic rings. The fourth-order valence-electron chi connectivity index (χ4n) is 12.3. The first-order valence-electron chi connectivity index (χ1n) is 36.3. The summed E-state index contributed by atoms with van der Waals surface area (Å²) in [6.07, 6.45) is 49.0. The van der Waals surface area contributed by atoms with Crippen molar-refractivity contribution in [2.24, 2.45) is 10.8 Å². The number of hydrogen-bond acceptors (Lipinski definition) is 13. The van der Waals surface area contributed by atoms with Gasteiger partial charge in [-0.3, -0.25) is 29.5 Å². The number of carbonyl (C=O) groups is 5. The lowest BCUT2D eigenvalue weighted by Gasteiger charge is -2.46. The summed E-state index contributed by atoms with van der Waals surface area (Å²) >= 11 is 0. The molecular formula is C74H129N5O12. The number of urea groups is 1. The van der Waals surface area contributed by atoms with Crippen LogP contribution in [-0.4, -0.2) is 100 Å². The molecule has 6 N–H and O–H groups in total. The van der Waals surface area contributed by atoms with Gasteiger partial charge in [0.15, 0.2) is 6.10 Å². The van der Waals surface area contributed by atoms with Crippen LogP contribution in [0.15, 0.2) is 47.3 Å². The van der Waals surface area contributed by atoms with Gasteiger partial charge < -0.3 is 39.8 Å². The first-order chi connectivity index (χ1) is 43.8. The van der Waals surface area contributed by atoms with Crippen molar-refractivity contribution in [3.05, 3.63) is 58.6 Å². The molecule has 1 saturated carbocycles. The number of allylic oxidation sites excluding steroid dienone is 3. The van der Waals surface area contributed by atoms with E-state index >= 15 is 0 Å². The molecule has 1 aromatic rings. The highest BCUT2D eigenvalue weighted by molar-refractivity contribution is 5.87. The van der Waals surface area contributed by atoms with Crippen molar-refractivity contribution >= 4 is 36.0 Å². The van der Waals surface area contributed by atoms with Crippen LogP contribution >= 0.6 is 0 Å². The first-order valence-corrected chi connectivity index (χ1v) is 36.3. The summed E-state index contributed by atoms with van der Waals surface area (Å²) in [7, 11) is 0. The second-order valence-corrected chi connectivity index (χ2v) is 27.3. The Kier molecular flexibility index (Phi) is 47.2. The first kappa shape index (κ1) is 82.1. The topological polar surface area (TPSA) is 245 Å². The Labute approximate surface area is 550 Å². The summed E-state index contributed by atoms with van der Waals surface area (Å²) in [5.41, 5.74) is -0.246. The lowest BCUT2D eigenvalue weighted by atomic mass is 9.62. The number of rotatable bonds is 55. The van der Waals surface area contributed by atoms with Crippen LogP contribution in [-0.2, 0) is 33.3 Å². The van der Waals surface area contributed by atoms with Gasteiger partial charge in [0, 0.05) is 50.0 Å². The molecule has 1 aliphatic carbocycles. The Hall–Kier alpha value is -5.03. The van der Waals surface area contributed by atoms with E-state index in [2.05, 4.69) is 104 Å². The van der Waals surface area contributed by atoms with Crippen molar-refractivity contribution in [3.63, 3.8) is 0 Å². The second-order valence-electron chi connectivity index (χ2n) is 27.3. The molecule has 17 nitrogen and oxygen atoms in total. The van der Waals surface area contributed by atoms with Crippen molar-refractivity contribution in [2.45, 2.75) is 349 Å². The number of H-pyrrole nitrogens is 1. The number of aromatic nitrogens is 2. The second kappa shape index (κ2) is 52.4. The van der Waals surface area contributed by atoms with Crippen molar-refractivity contribution in [3.8, 4) is 0 Å². The number of aromatic amines is 1. The highest BCUT2D eigenvalue weighted by atomic mass is 16.6. The van der Waals surface area contributed by atoms with E-state index in [1.54, 1.807) is 6.92 Å². The maximum absolute atomic E-state index is 13.5. The fourth-order valence-corrected chi connectivity index (χ4v) is 12.3. The molecule has 0 bridgehead atoms. The number of aliphatic hydroxyl groups is 2. The van der Waals surface area contributed by atoms with Gasteiger partial charge >= 0.3 is 30.0 Å². The number of hydrogen-bond donors (Lipinski definition) is 6. The summed E-state index contributed by atoms with van der Waals surface area (Å²) in [6.45, 7) is 14.8. The summed E-state index contributed by atoms with van der Waals surface area (Å²) in [5.74, 6) is -1.04. The quantitative estimate of drug-likeness (QED) is 0.0154. The molecule has 0 aliphatic heterocycles. The van der Waals surface area contributed by atoms with Crippen LogP contribution in [0.1, 0.15) is 317 Å². The third-order valence-corrected chi connectivity index (χ3v) is 17.1. The van der Waals surface area contributed by atoms with Gasteiger partial charge in [0.25, 0.3) is 5.56 Å². The van der Waals surface area contributed by atoms with Crippen LogP contribution < -0.4 is 21.5 Å². The zero-order chi connectivity index (χ0) is 66.6. The Morgan fingerprint density at radius 1 is 0.571 bits per heavy atom. The molecule has 0 aromatic carbocycles. The highest BCUT2D eigenvalue weighted by Gasteiger charge is 2.42. The number of alkyl carbamates (subject to hydrolysis) is 1. The normalized spacial score (nSPS) is 17.0. The van der Waals surface area contributed by atoms with E-state index in [1.165, 1.54) is 44.6 Å². The van der Waals surface area contributed by atoms with E-state index in [0.29, 0.717) is 57.2 Å². The summed E-state index contributed by atoms with van der Waals surface area (Å²) in [5, 5.41) is 29.1. The minimum Gasteiger partial charge on any atom is -0.462 e. The molecule has 5 unspecified atom stereocenters. The van der Waals surface area contributed by atoms with Gasteiger partial charge in [-0.1, -0.05) is 206 Å². The molecule has 1 aromatic heterocycles. The molecule has 1 fully saturated rings. The minimum atomic E-state index is -0.885. The third kappa shape index (κ3) is 46.7. The number of esters is 3. The molecular weight excluding hydrogens is 1150 g/mol. The lowest BCUT2D eigenvalue weighted by Crippen LogP contribution is -2.51. The molecule has 522 valence electrons. The van der Waals surface area contributed by atoms with Crippen molar-refractivity contribution in [1.29, 1.82) is 0 Å². The van der Waals surface area contributed by atoms with Gasteiger partial charge in [0.2, 0.25) is 5.95 Å². The summed E-state index contributed by atoms with van der Waals surface area (Å²) < 4.78 is 23.0. The van der Waals surface area contributed by atoms with E-state index in [-0.39, 0.29) is 91.1 Å². The van der Waals surface area contributed by atoms with Gasteiger partial charge in [-0.15, -0.1) is 0 Å². The van der Waals surface area contributed by atoms with Crippen LogP contribution in [0.25, 0.3) is 0 Å². The zero-order valence-corrected chi connectivity index (χ0v) is 58.2. The predicted molar refractivity (Wildman–Crippen MR) is 368 cm³/mol. The van der Waals surface area contributed by atoms with E-state index in [0.717, 1.165) is 167 Å². The monoisotopic (exact) mass is 1280 g/mol. The van der Waals surface area contributed by atoms with Crippen LogP contribution in [0, 0.1) is 17.8 Å². The Morgan fingerprint density at radius 2 is 1.02 bits per heavy atom. The molecule has 0 saturated heterocycles. The number of nitrogens with one attached hydrogen (secondary N) is 4. The standard InChI is InChI=1S/C74H129N5O12/c1-8-11-14-35-44-62(80)46-37-29-23-17-20-26-32-41-50-67(83)88-56-65(57-89-68(84)51-42-33-27-21-18-24-30-38-47-63(81)45-36-15-12-9-2)90-69(85)52-43-34-28-22-19-25-31-40-49-64(48-39-16-13-10-3)91-72(87)77-61-54-73(5,6)58-74(7,55-61)59-75-71(86)79-70-76-60(4)53-66(82)78-70/h29-31,37-38,40,53,61-65,80-81H,8-28,32-36,39,41-52,54-59H2,1-7H3,(H,77,87)(H3,75,76,78,79,82,86)/b37-29+,38-30+,40-31+. The van der Waals surface area contributed by atoms with Crippen LogP contribution in [0.3, 0.4) is 0 Å². The Balaban J connectivity index is 1.79. The van der Waals surface area contributed by atoms with Gasteiger partial charge in [-0.25, -0.2) is 14.6 Å². The summed E-state index contributed by atoms with van der Waals surface area (Å²) in [6, 6.07) is 0.756. The highest BCUT2D eigenvalue weighted by Crippen LogP contribution is 2.46. The molecule has 17 heteroatoms. The number of unbranched alkanes of at least 4 members (excludes halogenated alkanes) is 24. The zero-order valence-electron chi connectivity index (χ0n) is 58.2. The number of aliphatic hydroxyl groups excluding tert-OH is 2. The maximum Gasteiger partial charge on any atom is 0.407 e. The molecule has 91 heavy (non-hydrogen) atoms. The average molecular weight is 1280 g/mol. The van der Waals surface area contributed by atoms with Crippen LogP contribution in [0.4, 0.5) is 15.5 Å². The third-order valence-electron chi connectivity index (χ3n) is 17.1. The molecule has 0 radical (unpaired) electrons. The molecule has 1 heterocycles. The van der Waals surface area contributed by atoms with Crippen molar-refractivity contribution in [1.82, 2.24) is 20.6 Å². The van der Waals surface area contributed by atoms with Gasteiger partial charge in [-0.05, 0) is 133 Å². The van der Waals surface area contributed by atoms with Crippen LogP contribution in [0.2, 0.25) is 0 Å². The SMILES string of the molecule is CCCCCCC(O)C/C=C/CCCCCCCC(=O)OCC(COC(=O)CCCCCCC/C=C/CC(O)CCCCCC)OC(=O)CCCCCCC/C=C/CC(CCCCCC)OC(=O)NC1CC(C)(C)CC(C)(CNC(=O)Nc2nc(C)cc(=O)[nH]2)C1. The smallest absolute Gasteiger partial charge is 0.407 e. The number of aryl methyl sites for hydroxylation is 1. The maximum atomic E-state index is 13.5. The number of anilines is 1.